The molecule has 1 heterocycles. The molecule has 0 radical (unpaired) electrons. The summed E-state index contributed by atoms with van der Waals surface area (Å²) in [5, 5.41) is 0. The van der Waals surface area contributed by atoms with Crippen LogP contribution in [0, 0.1) is 5.41 Å². The maximum absolute atomic E-state index is 6.11. The zero-order valence-corrected chi connectivity index (χ0v) is 10.9. The first-order chi connectivity index (χ1) is 8.57. The molecule has 0 atom stereocenters. The Kier molecular flexibility index (Phi) is 2.83. The molecule has 1 aromatic rings. The zero-order chi connectivity index (χ0) is 12.6. The van der Waals surface area contributed by atoms with Crippen LogP contribution in [0.1, 0.15) is 25.3 Å². The average molecular weight is 247 g/mol. The molecule has 98 valence electrons. The van der Waals surface area contributed by atoms with E-state index in [0.717, 1.165) is 44.8 Å². The van der Waals surface area contributed by atoms with Crippen molar-refractivity contribution in [3.63, 3.8) is 0 Å². The summed E-state index contributed by atoms with van der Waals surface area (Å²) >= 11 is 0. The average Bonchev–Trinajstić information content (AvgIpc) is 3.04. The first kappa shape index (κ1) is 12.0. The molecule has 0 amide bonds. The lowest BCUT2D eigenvalue weighted by Gasteiger charge is -2.37. The van der Waals surface area contributed by atoms with Gasteiger partial charge < -0.3 is 15.2 Å². The number of nitrogens with two attached hydrogens (primary N) is 1. The van der Waals surface area contributed by atoms with E-state index >= 15 is 0 Å². The van der Waals surface area contributed by atoms with Gasteiger partial charge in [0, 0.05) is 11.0 Å². The Morgan fingerprint density at radius 2 is 1.89 bits per heavy atom. The predicted molar refractivity (Wildman–Crippen MR) is 70.7 cm³/mol. The summed E-state index contributed by atoms with van der Waals surface area (Å²) in [6.07, 6.45) is 3.30. The minimum atomic E-state index is 0.0825. The second-order valence-electron chi connectivity index (χ2n) is 6.28. The van der Waals surface area contributed by atoms with Crippen LogP contribution in [0.15, 0.2) is 24.3 Å². The molecular formula is C15H21NO2. The molecule has 1 aliphatic heterocycles. The Morgan fingerprint density at radius 1 is 1.22 bits per heavy atom. The van der Waals surface area contributed by atoms with Gasteiger partial charge in [-0.25, -0.2) is 0 Å². The molecular weight excluding hydrogens is 226 g/mol. The van der Waals surface area contributed by atoms with E-state index in [9.17, 15) is 0 Å². The summed E-state index contributed by atoms with van der Waals surface area (Å²) in [6.45, 7) is 4.53. The third-order valence-corrected chi connectivity index (χ3v) is 3.86. The van der Waals surface area contributed by atoms with E-state index in [-0.39, 0.29) is 11.0 Å². The standard InChI is InChI=1S/C15H21NO2/c1-14(9-17-10-14)11-18-13-4-2-12(3-5-13)8-15(16)6-7-15/h2-5H,6-11,16H2,1H3. The van der Waals surface area contributed by atoms with E-state index in [2.05, 4.69) is 19.1 Å². The molecule has 3 heteroatoms. The van der Waals surface area contributed by atoms with Crippen molar-refractivity contribution in [1.82, 2.24) is 0 Å². The number of hydrogen-bond donors (Lipinski definition) is 1. The van der Waals surface area contributed by atoms with Crippen LogP contribution in [0.4, 0.5) is 0 Å². The van der Waals surface area contributed by atoms with Crippen LogP contribution in [0.5, 0.6) is 5.75 Å². The third kappa shape index (κ3) is 2.68. The highest BCUT2D eigenvalue weighted by Gasteiger charge is 2.38. The second kappa shape index (κ2) is 4.25. The lowest BCUT2D eigenvalue weighted by atomic mass is 9.90. The summed E-state index contributed by atoms with van der Waals surface area (Å²) in [7, 11) is 0. The lowest BCUT2D eigenvalue weighted by Crippen LogP contribution is -2.44. The maximum Gasteiger partial charge on any atom is 0.119 e. The Morgan fingerprint density at radius 3 is 2.39 bits per heavy atom. The van der Waals surface area contributed by atoms with Gasteiger partial charge in [-0.3, -0.25) is 0 Å². The molecule has 0 unspecified atom stereocenters. The smallest absolute Gasteiger partial charge is 0.119 e. The largest absolute Gasteiger partial charge is 0.493 e. The molecule has 1 saturated carbocycles. The van der Waals surface area contributed by atoms with Gasteiger partial charge in [0.1, 0.15) is 5.75 Å². The first-order valence-electron chi connectivity index (χ1n) is 6.66. The van der Waals surface area contributed by atoms with E-state index in [4.69, 9.17) is 15.2 Å². The molecule has 0 bridgehead atoms. The number of ether oxygens (including phenoxy) is 2. The Balaban J connectivity index is 1.54. The van der Waals surface area contributed by atoms with E-state index in [1.807, 2.05) is 12.1 Å². The van der Waals surface area contributed by atoms with Crippen molar-refractivity contribution in [2.45, 2.75) is 31.7 Å². The maximum atomic E-state index is 6.11. The number of benzene rings is 1. The molecule has 2 fully saturated rings. The molecule has 1 saturated heterocycles. The van der Waals surface area contributed by atoms with Gasteiger partial charge in [0.25, 0.3) is 0 Å². The molecule has 2 aliphatic rings. The monoisotopic (exact) mass is 247 g/mol. The third-order valence-electron chi connectivity index (χ3n) is 3.86. The molecule has 2 N–H and O–H groups in total. The van der Waals surface area contributed by atoms with Crippen molar-refractivity contribution < 1.29 is 9.47 Å². The summed E-state index contributed by atoms with van der Waals surface area (Å²) < 4.78 is 11.0. The second-order valence-corrected chi connectivity index (χ2v) is 6.28. The molecule has 1 aromatic carbocycles. The van der Waals surface area contributed by atoms with E-state index in [1.165, 1.54) is 5.56 Å². The van der Waals surface area contributed by atoms with Crippen molar-refractivity contribution in [2.24, 2.45) is 11.1 Å². The normalized spacial score (nSPS) is 23.2. The minimum Gasteiger partial charge on any atom is -0.493 e. The number of rotatable bonds is 5. The Labute approximate surface area is 108 Å². The fraction of sp³-hybridized carbons (Fsp3) is 0.600. The predicted octanol–water partition coefficient (Wildman–Crippen LogP) is 2.14. The highest BCUT2D eigenvalue weighted by molar-refractivity contribution is 5.29. The fourth-order valence-electron chi connectivity index (χ4n) is 2.24. The van der Waals surface area contributed by atoms with Crippen LogP contribution in [-0.2, 0) is 11.2 Å². The van der Waals surface area contributed by atoms with Crippen LogP contribution in [-0.4, -0.2) is 25.4 Å². The van der Waals surface area contributed by atoms with Gasteiger partial charge in [0.2, 0.25) is 0 Å². The van der Waals surface area contributed by atoms with E-state index < -0.39 is 0 Å². The molecule has 3 nitrogen and oxygen atoms in total. The minimum absolute atomic E-state index is 0.0825. The van der Waals surface area contributed by atoms with Crippen molar-refractivity contribution in [2.75, 3.05) is 19.8 Å². The van der Waals surface area contributed by atoms with Crippen molar-refractivity contribution in [3.05, 3.63) is 29.8 Å². The van der Waals surface area contributed by atoms with Gasteiger partial charge in [0.05, 0.1) is 19.8 Å². The van der Waals surface area contributed by atoms with Crippen LogP contribution in [0.2, 0.25) is 0 Å². The van der Waals surface area contributed by atoms with E-state index in [1.54, 1.807) is 0 Å². The van der Waals surface area contributed by atoms with Gasteiger partial charge in [-0.15, -0.1) is 0 Å². The quantitative estimate of drug-likeness (QED) is 0.867. The zero-order valence-electron chi connectivity index (χ0n) is 10.9. The summed E-state index contributed by atoms with van der Waals surface area (Å²) in [5.74, 6) is 0.939. The van der Waals surface area contributed by atoms with Gasteiger partial charge in [-0.05, 0) is 37.0 Å². The van der Waals surface area contributed by atoms with Crippen molar-refractivity contribution >= 4 is 0 Å². The number of hydrogen-bond acceptors (Lipinski definition) is 3. The SMILES string of the molecule is CC1(COc2ccc(CC3(N)CC3)cc2)COC1. The van der Waals surface area contributed by atoms with Crippen molar-refractivity contribution in [3.8, 4) is 5.75 Å². The molecule has 18 heavy (non-hydrogen) atoms. The molecule has 1 aliphatic carbocycles. The van der Waals surface area contributed by atoms with Gasteiger partial charge in [0.15, 0.2) is 0 Å². The van der Waals surface area contributed by atoms with Crippen LogP contribution < -0.4 is 10.5 Å². The fourth-order valence-corrected chi connectivity index (χ4v) is 2.24. The van der Waals surface area contributed by atoms with Gasteiger partial charge >= 0.3 is 0 Å². The lowest BCUT2D eigenvalue weighted by molar-refractivity contribution is -0.120. The highest BCUT2D eigenvalue weighted by atomic mass is 16.5. The van der Waals surface area contributed by atoms with E-state index in [0.29, 0.717) is 0 Å². The molecule has 3 rings (SSSR count). The molecule has 0 spiro atoms. The highest BCUT2D eigenvalue weighted by Crippen LogP contribution is 2.35. The Bertz CT molecular complexity index is 419. The topological polar surface area (TPSA) is 44.5 Å². The van der Waals surface area contributed by atoms with Crippen LogP contribution in [0.25, 0.3) is 0 Å². The first-order valence-corrected chi connectivity index (χ1v) is 6.66. The summed E-state index contributed by atoms with van der Waals surface area (Å²) in [6, 6.07) is 8.34. The van der Waals surface area contributed by atoms with Gasteiger partial charge in [-0.2, -0.15) is 0 Å². The van der Waals surface area contributed by atoms with Gasteiger partial charge in [-0.1, -0.05) is 19.1 Å². The summed E-state index contributed by atoms with van der Waals surface area (Å²) in [5.41, 5.74) is 7.70. The Hall–Kier alpha value is -1.06. The van der Waals surface area contributed by atoms with Crippen LogP contribution in [0.3, 0.4) is 0 Å². The van der Waals surface area contributed by atoms with Crippen LogP contribution >= 0.6 is 0 Å². The summed E-state index contributed by atoms with van der Waals surface area (Å²) in [4.78, 5) is 0. The molecule has 0 aromatic heterocycles. The van der Waals surface area contributed by atoms with Crippen molar-refractivity contribution in [1.29, 1.82) is 0 Å².